The van der Waals surface area contributed by atoms with Gasteiger partial charge in [-0.2, -0.15) is 0 Å². The molecule has 0 bridgehead atoms. The number of allylic oxidation sites excluding steroid dienone is 1. The lowest BCUT2D eigenvalue weighted by Gasteiger charge is -2.28. The number of benzene rings is 2. The van der Waals surface area contributed by atoms with E-state index in [0.29, 0.717) is 0 Å². The Labute approximate surface area is 166 Å². The Kier molecular flexibility index (Phi) is 7.33. The maximum Gasteiger partial charge on any atom is -0.0162 e. The van der Waals surface area contributed by atoms with Gasteiger partial charge in [-0.15, -0.1) is 0 Å². The lowest BCUT2D eigenvalue weighted by molar-refractivity contribution is 0.308. The van der Waals surface area contributed by atoms with Crippen molar-refractivity contribution in [1.82, 2.24) is 0 Å². The maximum absolute atomic E-state index is 2.37. The average molecular weight is 361 g/mol. The largest absolute Gasteiger partial charge is 0.0654 e. The molecule has 0 saturated heterocycles. The molecule has 144 valence electrons. The fourth-order valence-corrected chi connectivity index (χ4v) is 4.61. The van der Waals surface area contributed by atoms with Gasteiger partial charge in [0.2, 0.25) is 0 Å². The van der Waals surface area contributed by atoms with Crippen molar-refractivity contribution < 1.29 is 0 Å². The van der Waals surface area contributed by atoms with Crippen LogP contribution < -0.4 is 0 Å². The van der Waals surface area contributed by atoms with Crippen molar-refractivity contribution in [3.05, 3.63) is 70.8 Å². The molecule has 2 aromatic carbocycles. The Morgan fingerprint density at radius 2 is 1.52 bits per heavy atom. The van der Waals surface area contributed by atoms with Crippen molar-refractivity contribution in [3.8, 4) is 0 Å². The maximum atomic E-state index is 2.37. The van der Waals surface area contributed by atoms with E-state index in [4.69, 9.17) is 0 Å². The van der Waals surface area contributed by atoms with E-state index in [9.17, 15) is 0 Å². The van der Waals surface area contributed by atoms with Gasteiger partial charge >= 0.3 is 0 Å². The summed E-state index contributed by atoms with van der Waals surface area (Å²) in [5.41, 5.74) is 6.96. The first kappa shape index (κ1) is 19.9. The van der Waals surface area contributed by atoms with Gasteiger partial charge in [-0.1, -0.05) is 87.7 Å². The Morgan fingerprint density at radius 1 is 0.852 bits per heavy atom. The minimum atomic E-state index is 0.781. The van der Waals surface area contributed by atoms with Crippen LogP contribution in [0.15, 0.2) is 48.5 Å². The molecule has 0 amide bonds. The second-order valence-electron chi connectivity index (χ2n) is 8.45. The van der Waals surface area contributed by atoms with E-state index in [1.807, 2.05) is 0 Å². The molecule has 2 aromatic rings. The zero-order chi connectivity index (χ0) is 19.1. The molecule has 0 heterocycles. The highest BCUT2D eigenvalue weighted by molar-refractivity contribution is 5.80. The van der Waals surface area contributed by atoms with Gasteiger partial charge in [-0.05, 0) is 78.7 Å². The molecule has 0 radical (unpaired) electrons. The van der Waals surface area contributed by atoms with Gasteiger partial charge in [-0.3, -0.25) is 0 Å². The van der Waals surface area contributed by atoms with Gasteiger partial charge < -0.3 is 0 Å². The third-order valence-electron chi connectivity index (χ3n) is 6.28. The fraction of sp³-hybridized carbons (Fsp3) is 0.481. The monoisotopic (exact) mass is 360 g/mol. The molecule has 1 aliphatic carbocycles. The lowest BCUT2D eigenvalue weighted by atomic mass is 9.77. The summed E-state index contributed by atoms with van der Waals surface area (Å²) >= 11 is 0. The van der Waals surface area contributed by atoms with Crippen LogP contribution in [-0.2, 0) is 6.42 Å². The molecular weight excluding hydrogens is 324 g/mol. The Hall–Kier alpha value is -1.82. The van der Waals surface area contributed by atoms with Crippen molar-refractivity contribution in [3.63, 3.8) is 0 Å². The smallest absolute Gasteiger partial charge is 0.0162 e. The summed E-state index contributed by atoms with van der Waals surface area (Å²) in [5, 5.41) is 0. The molecule has 1 fully saturated rings. The Balaban J connectivity index is 1.62. The molecule has 0 heteroatoms. The molecule has 0 aromatic heterocycles. The van der Waals surface area contributed by atoms with Gasteiger partial charge in [0.1, 0.15) is 0 Å². The third-order valence-corrected chi connectivity index (χ3v) is 6.28. The van der Waals surface area contributed by atoms with Crippen LogP contribution in [0.3, 0.4) is 0 Å². The lowest BCUT2D eigenvalue weighted by Crippen LogP contribution is -2.13. The predicted molar refractivity (Wildman–Crippen MR) is 120 cm³/mol. The molecule has 1 aliphatic rings. The van der Waals surface area contributed by atoms with E-state index >= 15 is 0 Å². The molecule has 0 unspecified atom stereocenters. The van der Waals surface area contributed by atoms with Crippen LogP contribution in [0.25, 0.3) is 11.6 Å². The van der Waals surface area contributed by atoms with Gasteiger partial charge in [0, 0.05) is 0 Å². The summed E-state index contributed by atoms with van der Waals surface area (Å²) in [6.07, 6.45) is 13.1. The zero-order valence-corrected chi connectivity index (χ0v) is 17.5. The van der Waals surface area contributed by atoms with Crippen LogP contribution >= 0.6 is 0 Å². The van der Waals surface area contributed by atoms with E-state index in [-0.39, 0.29) is 0 Å². The van der Waals surface area contributed by atoms with Crippen LogP contribution in [0, 0.1) is 5.92 Å². The Morgan fingerprint density at radius 3 is 2.11 bits per heavy atom. The summed E-state index contributed by atoms with van der Waals surface area (Å²) < 4.78 is 0. The topological polar surface area (TPSA) is 0 Å². The van der Waals surface area contributed by atoms with Crippen molar-refractivity contribution in [1.29, 1.82) is 0 Å². The van der Waals surface area contributed by atoms with Crippen molar-refractivity contribution in [2.24, 2.45) is 5.92 Å². The van der Waals surface area contributed by atoms with E-state index in [2.05, 4.69) is 75.4 Å². The standard InChI is InChI=1S/C27H36/c1-4-6-22-8-14-25(15-9-22)21(3)20-24-12-18-27(19-13-24)26-16-10-23(7-5-2)11-17-26/h8-9,12-15,18-20,23,26H,4-7,10-11,16-17H2,1-3H3/b21-20+. The quantitative estimate of drug-likeness (QED) is 0.436. The fourth-order valence-electron chi connectivity index (χ4n) is 4.61. The predicted octanol–water partition coefficient (Wildman–Crippen LogP) is 8.27. The van der Waals surface area contributed by atoms with Gasteiger partial charge in [0.05, 0.1) is 0 Å². The van der Waals surface area contributed by atoms with Crippen LogP contribution in [0.1, 0.15) is 93.9 Å². The zero-order valence-electron chi connectivity index (χ0n) is 17.5. The first-order valence-electron chi connectivity index (χ1n) is 11.1. The number of rotatable bonds is 7. The van der Waals surface area contributed by atoms with Crippen LogP contribution in [0.4, 0.5) is 0 Å². The van der Waals surface area contributed by atoms with E-state index < -0.39 is 0 Å². The number of hydrogen-bond donors (Lipinski definition) is 0. The molecule has 0 atom stereocenters. The van der Waals surface area contributed by atoms with E-state index in [1.54, 1.807) is 5.56 Å². The molecule has 1 saturated carbocycles. The van der Waals surface area contributed by atoms with Crippen LogP contribution in [0.2, 0.25) is 0 Å². The SMILES string of the molecule is CCCc1ccc(/C(C)=C/c2ccc(C3CCC(CCC)CC3)cc2)cc1. The van der Waals surface area contributed by atoms with Gasteiger partial charge in [0.15, 0.2) is 0 Å². The molecule has 0 N–H and O–H groups in total. The van der Waals surface area contributed by atoms with Gasteiger partial charge in [-0.25, -0.2) is 0 Å². The average Bonchev–Trinajstić information content (AvgIpc) is 2.70. The molecular formula is C27H36. The minimum Gasteiger partial charge on any atom is -0.0654 e. The number of hydrogen-bond acceptors (Lipinski definition) is 0. The summed E-state index contributed by atoms with van der Waals surface area (Å²) in [6.45, 7) is 6.78. The summed E-state index contributed by atoms with van der Waals surface area (Å²) in [7, 11) is 0. The first-order chi connectivity index (χ1) is 13.2. The highest BCUT2D eigenvalue weighted by Gasteiger charge is 2.21. The molecule has 0 aliphatic heterocycles. The van der Waals surface area contributed by atoms with E-state index in [1.165, 1.54) is 73.6 Å². The second-order valence-corrected chi connectivity index (χ2v) is 8.45. The third kappa shape index (κ3) is 5.58. The minimum absolute atomic E-state index is 0.781. The second kappa shape index (κ2) is 9.93. The van der Waals surface area contributed by atoms with Gasteiger partial charge in [0.25, 0.3) is 0 Å². The van der Waals surface area contributed by atoms with Crippen molar-refractivity contribution in [2.75, 3.05) is 0 Å². The number of aryl methyl sites for hydroxylation is 1. The van der Waals surface area contributed by atoms with Crippen molar-refractivity contribution in [2.45, 2.75) is 78.1 Å². The van der Waals surface area contributed by atoms with Crippen LogP contribution in [0.5, 0.6) is 0 Å². The van der Waals surface area contributed by atoms with Crippen molar-refractivity contribution >= 4 is 11.6 Å². The molecule has 3 rings (SSSR count). The highest BCUT2D eigenvalue weighted by atomic mass is 14.3. The summed E-state index contributed by atoms with van der Waals surface area (Å²) in [4.78, 5) is 0. The molecule has 0 nitrogen and oxygen atoms in total. The van der Waals surface area contributed by atoms with Crippen LogP contribution in [-0.4, -0.2) is 0 Å². The summed E-state index contributed by atoms with van der Waals surface area (Å²) in [6, 6.07) is 18.4. The Bertz CT molecular complexity index is 710. The first-order valence-corrected chi connectivity index (χ1v) is 11.1. The normalized spacial score (nSPS) is 20.6. The summed E-state index contributed by atoms with van der Waals surface area (Å²) in [5.74, 6) is 1.77. The highest BCUT2D eigenvalue weighted by Crippen LogP contribution is 2.37. The molecule has 27 heavy (non-hydrogen) atoms. The molecule has 0 spiro atoms. The van der Waals surface area contributed by atoms with E-state index in [0.717, 1.165) is 11.8 Å².